The number of ether oxygens (including phenoxy) is 2. The Balaban J connectivity index is 2.13. The number of methoxy groups -OCH3 is 1. The van der Waals surface area contributed by atoms with E-state index in [0.29, 0.717) is 6.04 Å². The van der Waals surface area contributed by atoms with Gasteiger partial charge in [-0.25, -0.2) is 0 Å². The van der Waals surface area contributed by atoms with E-state index in [1.807, 2.05) is 0 Å². The van der Waals surface area contributed by atoms with Crippen LogP contribution in [0.3, 0.4) is 0 Å². The van der Waals surface area contributed by atoms with Crippen LogP contribution in [0.1, 0.15) is 64.5 Å². The van der Waals surface area contributed by atoms with Crippen molar-refractivity contribution >= 4 is 5.96 Å². The second-order valence-electron chi connectivity index (χ2n) is 9.01. The Hall–Kier alpha value is -1.79. The smallest absolute Gasteiger partial charge is 0.191 e. The van der Waals surface area contributed by atoms with Gasteiger partial charge in [0.05, 0.1) is 13.7 Å². The van der Waals surface area contributed by atoms with Crippen LogP contribution >= 0.6 is 0 Å². The summed E-state index contributed by atoms with van der Waals surface area (Å²) < 4.78 is 11.5. The Bertz CT molecular complexity index is 697. The van der Waals surface area contributed by atoms with Crippen LogP contribution in [0, 0.1) is 6.92 Å². The summed E-state index contributed by atoms with van der Waals surface area (Å²) in [5, 5.41) is 7.08. The molecule has 1 aromatic carbocycles. The van der Waals surface area contributed by atoms with Crippen LogP contribution in [0.5, 0.6) is 5.75 Å². The van der Waals surface area contributed by atoms with Crippen molar-refractivity contribution < 1.29 is 9.47 Å². The Morgan fingerprint density at radius 3 is 2.56 bits per heavy atom. The van der Waals surface area contributed by atoms with E-state index in [0.717, 1.165) is 76.9 Å². The molecule has 182 valence electrons. The second kappa shape index (κ2) is 13.7. The van der Waals surface area contributed by atoms with Crippen molar-refractivity contribution in [3.05, 3.63) is 29.3 Å². The van der Waals surface area contributed by atoms with Crippen LogP contribution in [0.15, 0.2) is 23.2 Å². The highest BCUT2D eigenvalue weighted by Crippen LogP contribution is 2.40. The average Bonchev–Trinajstić information content (AvgIpc) is 2.81. The molecule has 0 spiro atoms. The van der Waals surface area contributed by atoms with Crippen molar-refractivity contribution in [2.75, 3.05) is 53.0 Å². The molecule has 1 aliphatic rings. The highest BCUT2D eigenvalue weighted by molar-refractivity contribution is 5.80. The lowest BCUT2D eigenvalue weighted by Gasteiger charge is -2.37. The molecule has 1 aliphatic heterocycles. The Labute approximate surface area is 196 Å². The van der Waals surface area contributed by atoms with Gasteiger partial charge in [-0.15, -0.1) is 0 Å². The molecular formula is C26H46N4O2. The lowest BCUT2D eigenvalue weighted by atomic mass is 9.73. The maximum Gasteiger partial charge on any atom is 0.191 e. The summed E-state index contributed by atoms with van der Waals surface area (Å²) in [6.45, 7) is 17.5. The summed E-state index contributed by atoms with van der Waals surface area (Å²) in [5.74, 6) is 1.86. The van der Waals surface area contributed by atoms with Crippen molar-refractivity contribution in [2.45, 2.75) is 71.8 Å². The molecule has 6 nitrogen and oxygen atoms in total. The molecule has 0 amide bonds. The van der Waals surface area contributed by atoms with Crippen molar-refractivity contribution in [3.8, 4) is 5.75 Å². The monoisotopic (exact) mass is 446 g/mol. The lowest BCUT2D eigenvalue weighted by molar-refractivity contribution is 0.0522. The van der Waals surface area contributed by atoms with E-state index in [2.05, 4.69) is 68.4 Å². The topological polar surface area (TPSA) is 58.1 Å². The SMILES string of the molecule is CCNC(=NCC1(c2cc(C)ccc2OC)CCOCC1)NC(C)CCCN(CC)CC. The standard InChI is InChI=1S/C26H46N4O2/c1-7-27-25(29-22(5)11-10-16-30(8-2)9-3)28-20-26(14-17-32-18-15-26)23-19-21(4)12-13-24(23)31-6/h12-13,19,22H,7-11,14-18,20H2,1-6H3,(H2,27,28,29). The molecule has 0 radical (unpaired) electrons. The largest absolute Gasteiger partial charge is 0.496 e. The van der Waals surface area contributed by atoms with Gasteiger partial charge >= 0.3 is 0 Å². The third-order valence-electron chi connectivity index (χ3n) is 6.65. The number of nitrogens with one attached hydrogen (secondary N) is 2. The van der Waals surface area contributed by atoms with Gasteiger partial charge in [-0.3, -0.25) is 4.99 Å². The highest BCUT2D eigenvalue weighted by Gasteiger charge is 2.37. The van der Waals surface area contributed by atoms with Gasteiger partial charge in [0.1, 0.15) is 5.75 Å². The van der Waals surface area contributed by atoms with Crippen molar-refractivity contribution in [1.82, 2.24) is 15.5 Å². The van der Waals surface area contributed by atoms with E-state index in [1.165, 1.54) is 17.5 Å². The first-order chi connectivity index (χ1) is 15.5. The third kappa shape index (κ3) is 7.66. The molecule has 2 rings (SSSR count). The Morgan fingerprint density at radius 2 is 1.94 bits per heavy atom. The average molecular weight is 447 g/mol. The van der Waals surface area contributed by atoms with E-state index >= 15 is 0 Å². The molecule has 2 N–H and O–H groups in total. The number of hydrogen-bond acceptors (Lipinski definition) is 4. The summed E-state index contributed by atoms with van der Waals surface area (Å²) >= 11 is 0. The van der Waals surface area contributed by atoms with Crippen LogP contribution in [-0.4, -0.2) is 69.9 Å². The van der Waals surface area contributed by atoms with Crippen molar-refractivity contribution in [2.24, 2.45) is 4.99 Å². The van der Waals surface area contributed by atoms with Gasteiger partial charge in [0.15, 0.2) is 5.96 Å². The molecule has 1 fully saturated rings. The molecule has 0 aliphatic carbocycles. The zero-order valence-electron chi connectivity index (χ0n) is 21.3. The minimum Gasteiger partial charge on any atom is -0.496 e. The zero-order valence-corrected chi connectivity index (χ0v) is 21.3. The van der Waals surface area contributed by atoms with Gasteiger partial charge in [0.2, 0.25) is 0 Å². The third-order valence-corrected chi connectivity index (χ3v) is 6.65. The Kier molecular flexibility index (Phi) is 11.3. The van der Waals surface area contributed by atoms with Gasteiger partial charge < -0.3 is 25.0 Å². The van der Waals surface area contributed by atoms with Crippen LogP contribution in [0.2, 0.25) is 0 Å². The number of aliphatic imine (C=N–C) groups is 1. The first-order valence-electron chi connectivity index (χ1n) is 12.5. The molecule has 6 heteroatoms. The number of aryl methyl sites for hydroxylation is 1. The second-order valence-corrected chi connectivity index (χ2v) is 9.01. The van der Waals surface area contributed by atoms with Gasteiger partial charge in [-0.05, 0) is 72.2 Å². The summed E-state index contributed by atoms with van der Waals surface area (Å²) in [6, 6.07) is 6.86. The predicted octanol–water partition coefficient (Wildman–Crippen LogP) is 4.12. The molecule has 1 heterocycles. The number of hydrogen-bond donors (Lipinski definition) is 2. The lowest BCUT2D eigenvalue weighted by Crippen LogP contribution is -2.44. The van der Waals surface area contributed by atoms with E-state index < -0.39 is 0 Å². The predicted molar refractivity (Wildman–Crippen MR) is 135 cm³/mol. The molecule has 1 unspecified atom stereocenters. The molecular weight excluding hydrogens is 400 g/mol. The minimum atomic E-state index is -0.0655. The first-order valence-corrected chi connectivity index (χ1v) is 12.5. The van der Waals surface area contributed by atoms with E-state index in [4.69, 9.17) is 14.5 Å². The zero-order chi connectivity index (χ0) is 23.4. The van der Waals surface area contributed by atoms with Crippen LogP contribution in [-0.2, 0) is 10.2 Å². The van der Waals surface area contributed by atoms with E-state index in [1.54, 1.807) is 7.11 Å². The summed E-state index contributed by atoms with van der Waals surface area (Å²) in [7, 11) is 1.76. The maximum atomic E-state index is 5.75. The van der Waals surface area contributed by atoms with Gasteiger partial charge in [-0.2, -0.15) is 0 Å². The fourth-order valence-electron chi connectivity index (χ4n) is 4.53. The van der Waals surface area contributed by atoms with Crippen LogP contribution in [0.25, 0.3) is 0 Å². The fourth-order valence-corrected chi connectivity index (χ4v) is 4.53. The van der Waals surface area contributed by atoms with E-state index in [9.17, 15) is 0 Å². The molecule has 0 saturated carbocycles. The Morgan fingerprint density at radius 1 is 1.22 bits per heavy atom. The molecule has 0 bridgehead atoms. The molecule has 0 aromatic heterocycles. The number of rotatable bonds is 12. The van der Waals surface area contributed by atoms with Gasteiger partial charge in [0.25, 0.3) is 0 Å². The highest BCUT2D eigenvalue weighted by atomic mass is 16.5. The minimum absolute atomic E-state index is 0.0655. The van der Waals surface area contributed by atoms with Crippen LogP contribution in [0.4, 0.5) is 0 Å². The quantitative estimate of drug-likeness (QED) is 0.374. The first kappa shape index (κ1) is 26.5. The summed E-state index contributed by atoms with van der Waals surface area (Å²) in [6.07, 6.45) is 4.23. The number of guanidine groups is 1. The van der Waals surface area contributed by atoms with Crippen molar-refractivity contribution in [3.63, 3.8) is 0 Å². The number of benzene rings is 1. The molecule has 1 aromatic rings. The molecule has 32 heavy (non-hydrogen) atoms. The number of nitrogens with zero attached hydrogens (tertiary/aromatic N) is 2. The molecule has 1 atom stereocenters. The van der Waals surface area contributed by atoms with Gasteiger partial charge in [-0.1, -0.05) is 31.5 Å². The molecule has 1 saturated heterocycles. The normalized spacial score (nSPS) is 17.3. The van der Waals surface area contributed by atoms with E-state index in [-0.39, 0.29) is 5.41 Å². The van der Waals surface area contributed by atoms with Crippen molar-refractivity contribution in [1.29, 1.82) is 0 Å². The fraction of sp³-hybridized carbons (Fsp3) is 0.731. The summed E-state index contributed by atoms with van der Waals surface area (Å²) in [4.78, 5) is 7.56. The van der Waals surface area contributed by atoms with Crippen LogP contribution < -0.4 is 15.4 Å². The summed E-state index contributed by atoms with van der Waals surface area (Å²) in [5.41, 5.74) is 2.45. The van der Waals surface area contributed by atoms with Gasteiger partial charge in [0, 0.05) is 36.8 Å². The maximum absolute atomic E-state index is 5.75.